The van der Waals surface area contributed by atoms with Crippen LogP contribution in [0.1, 0.15) is 41.5 Å². The van der Waals surface area contributed by atoms with Gasteiger partial charge in [0.25, 0.3) is 0 Å². The number of pyridine rings is 1. The molecular formula is C23H24N4O3. The maximum atomic E-state index is 12.9. The number of ketones is 1. The van der Waals surface area contributed by atoms with Crippen molar-refractivity contribution in [1.82, 2.24) is 15.3 Å². The van der Waals surface area contributed by atoms with Crippen LogP contribution in [-0.4, -0.2) is 34.2 Å². The van der Waals surface area contributed by atoms with Crippen LogP contribution in [0.15, 0.2) is 47.2 Å². The summed E-state index contributed by atoms with van der Waals surface area (Å²) in [6.07, 6.45) is 4.20. The minimum absolute atomic E-state index is 0.0635. The second-order valence-electron chi connectivity index (χ2n) is 7.44. The molecule has 2 aromatic heterocycles. The van der Waals surface area contributed by atoms with E-state index < -0.39 is 6.04 Å². The number of oxazole rings is 1. The summed E-state index contributed by atoms with van der Waals surface area (Å²) in [5.41, 5.74) is 4.81. The van der Waals surface area contributed by atoms with E-state index in [0.717, 1.165) is 23.2 Å². The maximum Gasteiger partial charge on any atom is 0.241 e. The van der Waals surface area contributed by atoms with Gasteiger partial charge in [-0.1, -0.05) is 31.2 Å². The number of carbonyl (C=O) groups excluding carboxylic acids is 2. The van der Waals surface area contributed by atoms with Gasteiger partial charge in [0.05, 0.1) is 30.5 Å². The summed E-state index contributed by atoms with van der Waals surface area (Å²) >= 11 is 0. The van der Waals surface area contributed by atoms with Gasteiger partial charge in [0.15, 0.2) is 0 Å². The summed E-state index contributed by atoms with van der Waals surface area (Å²) in [4.78, 5) is 35.7. The molecule has 30 heavy (non-hydrogen) atoms. The number of nitrogens with one attached hydrogen (secondary N) is 1. The molecule has 1 atom stereocenters. The Bertz CT molecular complexity index is 1110. The zero-order chi connectivity index (χ0) is 21.3. The summed E-state index contributed by atoms with van der Waals surface area (Å²) < 4.78 is 5.29. The van der Waals surface area contributed by atoms with Crippen molar-refractivity contribution >= 4 is 17.4 Å². The molecule has 3 aromatic rings. The van der Waals surface area contributed by atoms with Crippen LogP contribution in [0.3, 0.4) is 0 Å². The Kier molecular flexibility index (Phi) is 5.46. The number of amides is 1. The highest BCUT2D eigenvalue weighted by Crippen LogP contribution is 2.34. The van der Waals surface area contributed by atoms with Crippen molar-refractivity contribution in [2.24, 2.45) is 0 Å². The molecule has 0 radical (unpaired) electrons. The first-order chi connectivity index (χ1) is 14.5. The fraction of sp³-hybridized carbons (Fsp3) is 0.304. The van der Waals surface area contributed by atoms with Gasteiger partial charge in [-0.05, 0) is 37.5 Å². The maximum absolute atomic E-state index is 12.9. The minimum atomic E-state index is -0.581. The molecule has 1 unspecified atom stereocenters. The molecule has 1 aliphatic rings. The SMILES string of the molecule is CCc1cccc(-c2cnc3c(c2)N(C(=O)CNCc2nc(C)co2)C(C)C3=O)c1. The quantitative estimate of drug-likeness (QED) is 0.678. The predicted molar refractivity (Wildman–Crippen MR) is 113 cm³/mol. The summed E-state index contributed by atoms with van der Waals surface area (Å²) in [7, 11) is 0. The van der Waals surface area contributed by atoms with Gasteiger partial charge in [-0.3, -0.25) is 24.8 Å². The number of benzene rings is 1. The fourth-order valence-electron chi connectivity index (χ4n) is 3.67. The Hall–Kier alpha value is -3.32. The van der Waals surface area contributed by atoms with Crippen LogP contribution in [0.25, 0.3) is 11.1 Å². The Morgan fingerprint density at radius 2 is 2.10 bits per heavy atom. The van der Waals surface area contributed by atoms with E-state index in [4.69, 9.17) is 4.42 Å². The Labute approximate surface area is 175 Å². The lowest BCUT2D eigenvalue weighted by atomic mass is 10.0. The number of hydrogen-bond donors (Lipinski definition) is 1. The van der Waals surface area contributed by atoms with E-state index in [2.05, 4.69) is 34.3 Å². The number of hydrogen-bond acceptors (Lipinski definition) is 6. The van der Waals surface area contributed by atoms with Crippen molar-refractivity contribution in [3.8, 4) is 11.1 Å². The topological polar surface area (TPSA) is 88.3 Å². The monoisotopic (exact) mass is 404 g/mol. The van der Waals surface area contributed by atoms with Crippen molar-refractivity contribution in [2.75, 3.05) is 11.4 Å². The third-order valence-electron chi connectivity index (χ3n) is 5.28. The lowest BCUT2D eigenvalue weighted by Crippen LogP contribution is -2.43. The Balaban J connectivity index is 1.56. The number of fused-ring (bicyclic) bond motifs is 1. The molecule has 1 aromatic carbocycles. The number of aromatic nitrogens is 2. The first-order valence-corrected chi connectivity index (χ1v) is 10.0. The van der Waals surface area contributed by atoms with Crippen molar-refractivity contribution in [3.05, 3.63) is 65.6 Å². The van der Waals surface area contributed by atoms with Crippen LogP contribution in [0.5, 0.6) is 0 Å². The van der Waals surface area contributed by atoms with E-state index in [1.165, 1.54) is 10.5 Å². The Morgan fingerprint density at radius 1 is 1.27 bits per heavy atom. The molecule has 3 heterocycles. The first kappa shape index (κ1) is 20.0. The van der Waals surface area contributed by atoms with Gasteiger partial charge in [-0.25, -0.2) is 4.98 Å². The molecular weight excluding hydrogens is 380 g/mol. The van der Waals surface area contributed by atoms with E-state index in [0.29, 0.717) is 23.8 Å². The van der Waals surface area contributed by atoms with E-state index in [-0.39, 0.29) is 18.2 Å². The van der Waals surface area contributed by atoms with Crippen LogP contribution < -0.4 is 10.2 Å². The molecule has 1 amide bonds. The molecule has 1 N–H and O–H groups in total. The number of aryl methyl sites for hydroxylation is 2. The van der Waals surface area contributed by atoms with Gasteiger partial charge < -0.3 is 4.42 Å². The van der Waals surface area contributed by atoms with E-state index >= 15 is 0 Å². The molecule has 1 aliphatic heterocycles. The molecule has 0 bridgehead atoms. The highest BCUT2D eigenvalue weighted by molar-refractivity contribution is 6.17. The van der Waals surface area contributed by atoms with Crippen LogP contribution in [0.2, 0.25) is 0 Å². The van der Waals surface area contributed by atoms with Gasteiger partial charge >= 0.3 is 0 Å². The van der Waals surface area contributed by atoms with Crippen LogP contribution in [0, 0.1) is 6.92 Å². The minimum Gasteiger partial charge on any atom is -0.447 e. The van der Waals surface area contributed by atoms with Crippen molar-refractivity contribution in [2.45, 2.75) is 39.8 Å². The predicted octanol–water partition coefficient (Wildman–Crippen LogP) is 3.32. The van der Waals surface area contributed by atoms with Gasteiger partial charge in [0, 0.05) is 11.8 Å². The van der Waals surface area contributed by atoms with Crippen LogP contribution in [0.4, 0.5) is 5.69 Å². The Morgan fingerprint density at radius 3 is 2.83 bits per heavy atom. The van der Waals surface area contributed by atoms with Crippen molar-refractivity contribution in [3.63, 3.8) is 0 Å². The molecule has 7 heteroatoms. The fourth-order valence-corrected chi connectivity index (χ4v) is 3.67. The molecule has 0 saturated heterocycles. The summed E-state index contributed by atoms with van der Waals surface area (Å²) in [6.45, 7) is 6.08. The molecule has 0 spiro atoms. The summed E-state index contributed by atoms with van der Waals surface area (Å²) in [5, 5.41) is 3.04. The average molecular weight is 404 g/mol. The zero-order valence-corrected chi connectivity index (χ0v) is 17.3. The largest absolute Gasteiger partial charge is 0.447 e. The molecule has 7 nitrogen and oxygen atoms in total. The molecule has 4 rings (SSSR count). The molecule has 0 fully saturated rings. The number of rotatable bonds is 6. The highest BCUT2D eigenvalue weighted by atomic mass is 16.3. The number of anilines is 1. The smallest absolute Gasteiger partial charge is 0.241 e. The van der Waals surface area contributed by atoms with Crippen LogP contribution in [-0.2, 0) is 17.8 Å². The first-order valence-electron chi connectivity index (χ1n) is 10.0. The lowest BCUT2D eigenvalue weighted by Gasteiger charge is -2.21. The molecule has 0 saturated carbocycles. The standard InChI is InChI=1S/C23H24N4O3/c1-4-16-6-5-7-17(8-16)18-9-19-22(25-10-18)23(29)15(3)27(19)21(28)12-24-11-20-26-14(2)13-30-20/h5-10,13,15,24H,4,11-12H2,1-3H3. The number of carbonyl (C=O) groups is 2. The third kappa shape index (κ3) is 3.76. The van der Waals surface area contributed by atoms with Crippen molar-refractivity contribution < 1.29 is 14.0 Å². The van der Waals surface area contributed by atoms with Gasteiger partial charge in [-0.2, -0.15) is 0 Å². The normalized spacial score (nSPS) is 15.5. The van der Waals surface area contributed by atoms with E-state index in [1.807, 2.05) is 25.1 Å². The summed E-state index contributed by atoms with van der Waals surface area (Å²) in [6, 6.07) is 9.50. The van der Waals surface area contributed by atoms with Gasteiger partial charge in [0.2, 0.25) is 17.6 Å². The van der Waals surface area contributed by atoms with E-state index in [1.54, 1.807) is 19.4 Å². The van der Waals surface area contributed by atoms with Gasteiger partial charge in [0.1, 0.15) is 12.0 Å². The third-order valence-corrected chi connectivity index (χ3v) is 5.28. The number of Topliss-reactive ketones (excluding diaryl/α,β-unsaturated/α-hetero) is 1. The number of nitrogens with zero attached hydrogens (tertiary/aromatic N) is 3. The second kappa shape index (κ2) is 8.20. The van der Waals surface area contributed by atoms with Gasteiger partial charge in [-0.15, -0.1) is 0 Å². The second-order valence-corrected chi connectivity index (χ2v) is 7.44. The van der Waals surface area contributed by atoms with E-state index in [9.17, 15) is 9.59 Å². The lowest BCUT2D eigenvalue weighted by molar-refractivity contribution is -0.118. The van der Waals surface area contributed by atoms with Crippen LogP contribution >= 0.6 is 0 Å². The molecule has 0 aliphatic carbocycles. The average Bonchev–Trinajstić information content (AvgIpc) is 3.28. The summed E-state index contributed by atoms with van der Waals surface area (Å²) in [5.74, 6) is 0.181. The molecule has 154 valence electrons. The van der Waals surface area contributed by atoms with Crippen molar-refractivity contribution in [1.29, 1.82) is 0 Å². The zero-order valence-electron chi connectivity index (χ0n) is 17.3. The highest BCUT2D eigenvalue weighted by Gasteiger charge is 2.39.